The second-order valence-corrected chi connectivity index (χ2v) is 8.37. The van der Waals surface area contributed by atoms with Crippen LogP contribution in [0.1, 0.15) is 29.5 Å². The molecule has 2 atom stereocenters. The maximum Gasteiger partial charge on any atom is 0.416 e. The summed E-state index contributed by atoms with van der Waals surface area (Å²) in [7, 11) is 0. The van der Waals surface area contributed by atoms with Crippen molar-refractivity contribution in [1.29, 1.82) is 0 Å². The largest absolute Gasteiger partial charge is 0.472 e. The number of anilines is 1. The first kappa shape index (κ1) is 22.1. The van der Waals surface area contributed by atoms with Gasteiger partial charge in [0.15, 0.2) is 0 Å². The van der Waals surface area contributed by atoms with E-state index in [0.29, 0.717) is 19.5 Å². The van der Waals surface area contributed by atoms with Gasteiger partial charge in [0.25, 0.3) is 0 Å². The Morgan fingerprint density at radius 3 is 2.62 bits per heavy atom. The predicted octanol–water partition coefficient (Wildman–Crippen LogP) is 3.75. The molecule has 2 aliphatic rings. The van der Waals surface area contributed by atoms with Crippen molar-refractivity contribution in [1.82, 2.24) is 9.88 Å². The molecule has 1 aromatic heterocycles. The van der Waals surface area contributed by atoms with Crippen LogP contribution >= 0.6 is 0 Å². The third kappa shape index (κ3) is 4.56. The molecule has 2 fully saturated rings. The summed E-state index contributed by atoms with van der Waals surface area (Å²) in [4.78, 5) is 32.7. The first-order chi connectivity index (χ1) is 15.1. The smallest absolute Gasteiger partial charge is 0.416 e. The van der Waals surface area contributed by atoms with Gasteiger partial charge >= 0.3 is 6.18 Å². The second-order valence-electron chi connectivity index (χ2n) is 8.37. The number of rotatable bonds is 4. The van der Waals surface area contributed by atoms with Gasteiger partial charge in [0.2, 0.25) is 17.7 Å². The molecule has 6 nitrogen and oxygen atoms in total. The highest BCUT2D eigenvalue weighted by molar-refractivity contribution is 6.00. The number of amides is 2. The molecule has 0 spiro atoms. The molecule has 32 heavy (non-hydrogen) atoms. The Morgan fingerprint density at radius 2 is 1.91 bits per heavy atom. The Hall–Kier alpha value is -3.10. The lowest BCUT2D eigenvalue weighted by Gasteiger charge is -2.21. The van der Waals surface area contributed by atoms with E-state index in [0.717, 1.165) is 35.1 Å². The Balaban J connectivity index is 1.37. The minimum atomic E-state index is -4.48. The highest BCUT2D eigenvalue weighted by Gasteiger charge is 2.39. The van der Waals surface area contributed by atoms with Crippen LogP contribution in [-0.4, -0.2) is 47.4 Å². The zero-order valence-corrected chi connectivity index (χ0v) is 17.9. The number of benzene rings is 1. The van der Waals surface area contributed by atoms with E-state index in [2.05, 4.69) is 4.98 Å². The zero-order chi connectivity index (χ0) is 23.0. The number of halogens is 3. The normalized spacial score (nSPS) is 21.3. The average molecular weight is 447 g/mol. The molecular formula is C23H24F3N3O3. The number of alkyl halides is 3. The summed E-state index contributed by atoms with van der Waals surface area (Å²) >= 11 is 0. The van der Waals surface area contributed by atoms with Gasteiger partial charge in [-0.1, -0.05) is 6.07 Å². The van der Waals surface area contributed by atoms with Crippen LogP contribution in [0.15, 0.2) is 36.5 Å². The van der Waals surface area contributed by atoms with Crippen LogP contribution in [0.2, 0.25) is 0 Å². The molecule has 0 radical (unpaired) electrons. The minimum absolute atomic E-state index is 0.0910. The molecule has 2 amide bonds. The van der Waals surface area contributed by atoms with Gasteiger partial charge < -0.3 is 14.5 Å². The van der Waals surface area contributed by atoms with Crippen molar-refractivity contribution in [2.24, 2.45) is 5.92 Å². The summed E-state index contributed by atoms with van der Waals surface area (Å²) in [6.45, 7) is 4.98. The molecule has 2 aliphatic heterocycles. The van der Waals surface area contributed by atoms with Crippen molar-refractivity contribution in [2.45, 2.75) is 39.0 Å². The van der Waals surface area contributed by atoms with Gasteiger partial charge in [-0.15, -0.1) is 0 Å². The fraction of sp³-hybridized carbons (Fsp3) is 0.435. The van der Waals surface area contributed by atoms with Gasteiger partial charge in [0.05, 0.1) is 18.0 Å². The Kier molecular flexibility index (Phi) is 5.83. The van der Waals surface area contributed by atoms with Gasteiger partial charge in [-0.2, -0.15) is 13.2 Å². The van der Waals surface area contributed by atoms with Gasteiger partial charge in [-0.05, 0) is 43.2 Å². The molecule has 0 saturated carbocycles. The van der Waals surface area contributed by atoms with Crippen LogP contribution in [0, 0.1) is 19.8 Å². The SMILES string of the molecule is Cc1ccc(N2CC(C(=O)N3CCC(Oc4cc(C(F)(F)F)ccn4)C3)CC2=O)cc1C. The quantitative estimate of drug-likeness (QED) is 0.716. The van der Waals surface area contributed by atoms with Crippen LogP contribution in [0.4, 0.5) is 18.9 Å². The van der Waals surface area contributed by atoms with Gasteiger partial charge in [0.1, 0.15) is 6.10 Å². The molecule has 2 saturated heterocycles. The lowest BCUT2D eigenvalue weighted by Crippen LogP contribution is -2.37. The van der Waals surface area contributed by atoms with E-state index in [9.17, 15) is 22.8 Å². The Morgan fingerprint density at radius 1 is 1.12 bits per heavy atom. The van der Waals surface area contributed by atoms with E-state index >= 15 is 0 Å². The highest BCUT2D eigenvalue weighted by Crippen LogP contribution is 2.32. The van der Waals surface area contributed by atoms with Crippen molar-refractivity contribution in [3.05, 3.63) is 53.2 Å². The van der Waals surface area contributed by atoms with Crippen LogP contribution in [0.3, 0.4) is 0 Å². The number of pyridine rings is 1. The first-order valence-corrected chi connectivity index (χ1v) is 10.5. The summed E-state index contributed by atoms with van der Waals surface area (Å²) in [5.74, 6) is -0.787. The minimum Gasteiger partial charge on any atom is -0.472 e. The molecular weight excluding hydrogens is 423 g/mol. The molecule has 0 bridgehead atoms. The van der Waals surface area contributed by atoms with Crippen LogP contribution < -0.4 is 9.64 Å². The fourth-order valence-electron chi connectivity index (χ4n) is 4.12. The molecule has 4 rings (SSSR count). The first-order valence-electron chi connectivity index (χ1n) is 10.5. The zero-order valence-electron chi connectivity index (χ0n) is 17.9. The number of aromatic nitrogens is 1. The molecule has 0 N–H and O–H groups in total. The molecule has 170 valence electrons. The maximum absolute atomic E-state index is 13.0. The standard InChI is InChI=1S/C23H24F3N3O3/c1-14-3-4-18(9-15(14)2)29-12-16(10-21(29)30)22(31)28-8-6-19(13-28)32-20-11-17(5-7-27-20)23(24,25)26/h3-5,7,9,11,16,19H,6,8,10,12-13H2,1-2H3. The van der Waals surface area contributed by atoms with Gasteiger partial charge in [-0.25, -0.2) is 4.98 Å². The van der Waals surface area contributed by atoms with Crippen LogP contribution in [0.25, 0.3) is 0 Å². The van der Waals surface area contributed by atoms with Crippen molar-refractivity contribution >= 4 is 17.5 Å². The molecule has 1 aromatic carbocycles. The fourth-order valence-corrected chi connectivity index (χ4v) is 4.12. The molecule has 9 heteroatoms. The number of aryl methyl sites for hydroxylation is 2. The van der Waals surface area contributed by atoms with Gasteiger partial charge in [-0.3, -0.25) is 9.59 Å². The lowest BCUT2D eigenvalue weighted by molar-refractivity contribution is -0.137. The monoisotopic (exact) mass is 447 g/mol. The van der Waals surface area contributed by atoms with Crippen LogP contribution in [-0.2, 0) is 15.8 Å². The maximum atomic E-state index is 13.0. The van der Waals surface area contributed by atoms with E-state index in [1.807, 2.05) is 32.0 Å². The summed E-state index contributed by atoms with van der Waals surface area (Å²) in [5.41, 5.74) is 2.16. The topological polar surface area (TPSA) is 62.7 Å². The van der Waals surface area contributed by atoms with Crippen LogP contribution in [0.5, 0.6) is 5.88 Å². The number of carbonyl (C=O) groups excluding carboxylic acids is 2. The van der Waals surface area contributed by atoms with Crippen molar-refractivity contribution < 1.29 is 27.5 Å². The van der Waals surface area contributed by atoms with E-state index in [1.165, 1.54) is 0 Å². The van der Waals surface area contributed by atoms with Crippen molar-refractivity contribution in [3.8, 4) is 5.88 Å². The summed E-state index contributed by atoms with van der Waals surface area (Å²) in [6, 6.07) is 7.53. The Bertz CT molecular complexity index is 1040. The van der Waals surface area contributed by atoms with E-state index in [1.54, 1.807) is 9.80 Å². The number of hydrogen-bond donors (Lipinski definition) is 0. The predicted molar refractivity (Wildman–Crippen MR) is 111 cm³/mol. The number of ether oxygens (including phenoxy) is 1. The van der Waals surface area contributed by atoms with E-state index in [-0.39, 0.29) is 30.7 Å². The number of nitrogens with zero attached hydrogens (tertiary/aromatic N) is 3. The third-order valence-electron chi connectivity index (χ3n) is 6.08. The molecule has 2 unspecified atom stereocenters. The third-order valence-corrected chi connectivity index (χ3v) is 6.08. The Labute approximate surface area is 184 Å². The van der Waals surface area contributed by atoms with Gasteiger partial charge in [0, 0.05) is 43.9 Å². The van der Waals surface area contributed by atoms with Crippen molar-refractivity contribution in [2.75, 3.05) is 24.5 Å². The summed E-state index contributed by atoms with van der Waals surface area (Å²) in [5, 5.41) is 0. The molecule has 2 aromatic rings. The number of carbonyl (C=O) groups is 2. The summed E-state index contributed by atoms with van der Waals surface area (Å²) in [6.07, 6.45) is -3.23. The molecule has 0 aliphatic carbocycles. The highest BCUT2D eigenvalue weighted by atomic mass is 19.4. The second kappa shape index (κ2) is 8.44. The van der Waals surface area contributed by atoms with E-state index in [4.69, 9.17) is 4.74 Å². The lowest BCUT2D eigenvalue weighted by atomic mass is 10.1. The number of likely N-dealkylation sites (tertiary alicyclic amines) is 1. The molecule has 3 heterocycles. The average Bonchev–Trinajstić information content (AvgIpc) is 3.36. The van der Waals surface area contributed by atoms with E-state index < -0.39 is 23.8 Å². The number of hydrogen-bond acceptors (Lipinski definition) is 4. The van der Waals surface area contributed by atoms with Crippen molar-refractivity contribution in [3.63, 3.8) is 0 Å². The summed E-state index contributed by atoms with van der Waals surface area (Å²) < 4.78 is 44.3.